The Hall–Kier alpha value is -5.47. The van der Waals surface area contributed by atoms with Crippen molar-refractivity contribution in [3.63, 3.8) is 0 Å². The number of alkyl halides is 4. The van der Waals surface area contributed by atoms with Crippen LogP contribution in [-0.4, -0.2) is 62.9 Å². The highest BCUT2D eigenvalue weighted by molar-refractivity contribution is 7.92. The van der Waals surface area contributed by atoms with E-state index in [1.807, 2.05) is 0 Å². The Bertz CT molecular complexity index is 2950. The first-order chi connectivity index (χ1) is 28.9. The van der Waals surface area contributed by atoms with Gasteiger partial charge in [-0.2, -0.15) is 19.0 Å². The third-order valence-corrected chi connectivity index (χ3v) is 12.4. The van der Waals surface area contributed by atoms with Crippen LogP contribution in [0.1, 0.15) is 77.5 Å². The van der Waals surface area contributed by atoms with E-state index in [4.69, 9.17) is 21.3 Å². The first kappa shape index (κ1) is 40.9. The van der Waals surface area contributed by atoms with Gasteiger partial charge < -0.3 is 10.1 Å². The summed E-state index contributed by atoms with van der Waals surface area (Å²) in [5, 5.41) is 11.0. The van der Waals surface area contributed by atoms with Gasteiger partial charge >= 0.3 is 0 Å². The zero-order valence-electron chi connectivity index (χ0n) is 32.2. The van der Waals surface area contributed by atoms with Gasteiger partial charge in [-0.05, 0) is 78.6 Å². The number of amides is 1. The Morgan fingerprint density at radius 3 is 2.46 bits per heavy atom. The molecule has 9 rings (SSSR count). The molecule has 1 saturated heterocycles. The number of nitrogens with zero attached hydrogens (tertiary/aromatic N) is 6. The molecule has 13 nitrogen and oxygen atoms in total. The lowest BCUT2D eigenvalue weighted by Gasteiger charge is -2.25. The summed E-state index contributed by atoms with van der Waals surface area (Å²) in [6.45, 7) is 0.0672. The smallest absolute Gasteiger partial charge is 0.293 e. The summed E-state index contributed by atoms with van der Waals surface area (Å²) in [6.07, 6.45) is -1.32. The van der Waals surface area contributed by atoms with Crippen LogP contribution in [0.2, 0.25) is 5.02 Å². The molecule has 3 aliphatic rings. The Kier molecular flexibility index (Phi) is 9.97. The highest BCUT2D eigenvalue weighted by Gasteiger charge is 2.67. The van der Waals surface area contributed by atoms with E-state index in [1.54, 1.807) is 18.2 Å². The van der Waals surface area contributed by atoms with Crippen LogP contribution in [-0.2, 0) is 45.5 Å². The summed E-state index contributed by atoms with van der Waals surface area (Å²) < 4.78 is 124. The molecular weight excluding hydrogens is 854 g/mol. The number of carbonyl (C=O) groups is 1. The van der Waals surface area contributed by atoms with Crippen LogP contribution in [0.4, 0.5) is 32.2 Å². The quantitative estimate of drug-likeness (QED) is 0.133. The van der Waals surface area contributed by atoms with Gasteiger partial charge in [-0.1, -0.05) is 17.7 Å². The largest absolute Gasteiger partial charge is 0.381 e. The molecule has 4 heterocycles. The van der Waals surface area contributed by atoms with E-state index in [9.17, 15) is 35.6 Å². The van der Waals surface area contributed by atoms with E-state index in [2.05, 4.69) is 20.2 Å². The Morgan fingerprint density at radius 2 is 1.77 bits per heavy atom. The molecular formula is C40H35ClF6N8O5S. The van der Waals surface area contributed by atoms with Gasteiger partial charge in [0.15, 0.2) is 5.82 Å². The number of hydrogen-bond acceptors (Lipinski definition) is 8. The minimum absolute atomic E-state index is 0.00568. The third kappa shape index (κ3) is 7.30. The SMILES string of the molecule is Cn1nc(NS(C)(=O)=O)c2c(Cl)ccc(-n3c([C@H](Cc4cc(F)cc(F)c4)NC(=O)Cn4nc(C(F)F)c5c4C(F)(F)[C@@H]4C[C@H]54)nc4cc(C5CCOCC5)ccc4c3=O)c21. The molecule has 1 amide bonds. The van der Waals surface area contributed by atoms with Gasteiger partial charge in [-0.25, -0.2) is 31.0 Å². The highest BCUT2D eigenvalue weighted by atomic mass is 35.5. The van der Waals surface area contributed by atoms with Crippen molar-refractivity contribution in [1.29, 1.82) is 0 Å². The average molecular weight is 889 g/mol. The predicted molar refractivity (Wildman–Crippen MR) is 211 cm³/mol. The molecule has 3 atom stereocenters. The first-order valence-corrected chi connectivity index (χ1v) is 21.5. The van der Waals surface area contributed by atoms with Crippen LogP contribution in [0.3, 0.4) is 0 Å². The molecule has 1 saturated carbocycles. The van der Waals surface area contributed by atoms with Crippen molar-refractivity contribution in [2.45, 2.75) is 62.5 Å². The molecule has 0 bridgehead atoms. The number of fused-ring (bicyclic) bond motifs is 5. The number of sulfonamides is 1. The lowest BCUT2D eigenvalue weighted by Crippen LogP contribution is -2.38. The van der Waals surface area contributed by atoms with E-state index < -0.39 is 87.7 Å². The van der Waals surface area contributed by atoms with Gasteiger partial charge in [-0.3, -0.25) is 28.2 Å². The molecule has 0 spiro atoms. The van der Waals surface area contributed by atoms with Gasteiger partial charge in [-0.15, -0.1) is 0 Å². The summed E-state index contributed by atoms with van der Waals surface area (Å²) in [7, 11) is -2.42. The molecule has 2 N–H and O–H groups in total. The average Bonchev–Trinajstić information content (AvgIpc) is 3.73. The number of halogens is 7. The summed E-state index contributed by atoms with van der Waals surface area (Å²) in [5.74, 6) is -8.80. The Morgan fingerprint density at radius 1 is 1.05 bits per heavy atom. The maximum absolute atomic E-state index is 15.5. The predicted octanol–water partition coefficient (Wildman–Crippen LogP) is 6.91. The Labute approximate surface area is 347 Å². The van der Waals surface area contributed by atoms with Crippen LogP contribution in [0.5, 0.6) is 0 Å². The molecule has 3 aromatic carbocycles. The van der Waals surface area contributed by atoms with Crippen LogP contribution >= 0.6 is 11.6 Å². The Balaban J connectivity index is 1.24. The van der Waals surface area contributed by atoms with E-state index in [1.165, 1.54) is 23.9 Å². The highest BCUT2D eigenvalue weighted by Crippen LogP contribution is 2.68. The maximum Gasteiger partial charge on any atom is 0.293 e. The lowest BCUT2D eigenvalue weighted by atomic mass is 9.91. The van der Waals surface area contributed by atoms with Gasteiger partial charge in [0.25, 0.3) is 17.9 Å². The number of hydrogen-bond donors (Lipinski definition) is 2. The second kappa shape index (κ2) is 14.9. The van der Waals surface area contributed by atoms with Crippen LogP contribution in [0.25, 0.3) is 27.5 Å². The summed E-state index contributed by atoms with van der Waals surface area (Å²) in [6, 6.07) is 9.12. The first-order valence-electron chi connectivity index (χ1n) is 19.2. The molecule has 6 aromatic rings. The number of benzene rings is 3. The molecule has 61 heavy (non-hydrogen) atoms. The standard InChI is InChI=1S/C40H35ClF6N8O5S/c1-53-34-29(6-5-26(41)32(34)37(51-53)52-61(2,58)59)55-38(49-27-14-20(3-4-23(27)39(55)57)19-7-9-60-10-8-19)28(13-18-11-21(42)15-22(43)12-18)48-30(56)17-54-35-31(33(50-54)36(44)45)24-16-25(24)40(35,46)47/h3-6,11-12,14-15,19,24-25,28,36H,7-10,13,16-17H2,1-2H3,(H,48,56)(H,51,52)/t24-,25+,28-/m0/s1. The number of anilines is 1. The maximum atomic E-state index is 15.5. The number of rotatable bonds is 11. The summed E-state index contributed by atoms with van der Waals surface area (Å²) in [4.78, 5) is 34.0. The molecule has 2 fully saturated rings. The molecule has 0 radical (unpaired) electrons. The minimum Gasteiger partial charge on any atom is -0.381 e. The molecule has 1 aliphatic heterocycles. The van der Waals surface area contributed by atoms with Gasteiger partial charge in [0.1, 0.15) is 35.4 Å². The second-order valence-electron chi connectivity index (χ2n) is 15.7. The number of aryl methyl sites for hydroxylation is 1. The topological polar surface area (TPSA) is 155 Å². The van der Waals surface area contributed by atoms with E-state index >= 15 is 8.78 Å². The van der Waals surface area contributed by atoms with Gasteiger partial charge in [0.2, 0.25) is 15.9 Å². The van der Waals surface area contributed by atoms with Gasteiger partial charge in [0, 0.05) is 44.2 Å². The van der Waals surface area contributed by atoms with Crippen molar-refractivity contribution in [1.82, 2.24) is 34.4 Å². The van der Waals surface area contributed by atoms with Crippen molar-refractivity contribution in [2.24, 2.45) is 13.0 Å². The normalized spacial score (nSPS) is 19.0. The molecule has 320 valence electrons. The molecule has 3 aromatic heterocycles. The monoisotopic (exact) mass is 888 g/mol. The van der Waals surface area contributed by atoms with E-state index in [-0.39, 0.29) is 67.6 Å². The third-order valence-electron chi connectivity index (χ3n) is 11.5. The fraction of sp³-hybridized carbons (Fsp3) is 0.375. The number of carbonyl (C=O) groups excluding carboxylic acids is 1. The fourth-order valence-electron chi connectivity index (χ4n) is 8.88. The zero-order valence-corrected chi connectivity index (χ0v) is 33.8. The van der Waals surface area contributed by atoms with Crippen molar-refractivity contribution in [3.05, 3.63) is 109 Å². The number of aromatic nitrogens is 6. The van der Waals surface area contributed by atoms with Crippen molar-refractivity contribution < 1.29 is 44.3 Å². The van der Waals surface area contributed by atoms with Crippen molar-refractivity contribution in [3.8, 4) is 5.69 Å². The van der Waals surface area contributed by atoms with Crippen LogP contribution in [0, 0.1) is 17.6 Å². The minimum atomic E-state index is -3.90. The zero-order chi connectivity index (χ0) is 43.3. The van der Waals surface area contributed by atoms with E-state index in [0.717, 1.165) is 28.5 Å². The number of ether oxygens (including phenoxy) is 1. The molecule has 0 unspecified atom stereocenters. The van der Waals surface area contributed by atoms with Crippen molar-refractivity contribution >= 4 is 55.2 Å². The summed E-state index contributed by atoms with van der Waals surface area (Å²) >= 11 is 6.63. The lowest BCUT2D eigenvalue weighted by molar-refractivity contribution is -0.123. The number of nitrogens with one attached hydrogen (secondary N) is 2. The molecule has 2 aliphatic carbocycles. The van der Waals surface area contributed by atoms with Crippen LogP contribution in [0.15, 0.2) is 53.3 Å². The molecule has 21 heteroatoms. The fourth-order valence-corrected chi connectivity index (χ4v) is 9.62. The van der Waals surface area contributed by atoms with Crippen molar-refractivity contribution in [2.75, 3.05) is 24.2 Å². The summed E-state index contributed by atoms with van der Waals surface area (Å²) in [5.41, 5.74) is -1.36. The van der Waals surface area contributed by atoms with Crippen LogP contribution < -0.4 is 15.6 Å². The van der Waals surface area contributed by atoms with Gasteiger partial charge in [0.05, 0.1) is 44.8 Å². The van der Waals surface area contributed by atoms with E-state index in [0.29, 0.717) is 36.8 Å². The second-order valence-corrected chi connectivity index (χ2v) is 17.8.